The minimum atomic E-state index is -0.177. The van der Waals surface area contributed by atoms with Gasteiger partial charge in [0.25, 0.3) is 5.91 Å². The molecule has 1 rings (SSSR count). The van der Waals surface area contributed by atoms with E-state index in [1.807, 2.05) is 13.8 Å². The van der Waals surface area contributed by atoms with Gasteiger partial charge in [-0.3, -0.25) is 4.79 Å². The highest BCUT2D eigenvalue weighted by atomic mass is 35.5. The van der Waals surface area contributed by atoms with Crippen LogP contribution in [-0.4, -0.2) is 23.9 Å². The topological polar surface area (TPSA) is 70.1 Å². The second-order valence-electron chi connectivity index (χ2n) is 4.78. The van der Waals surface area contributed by atoms with Crippen LogP contribution in [0.2, 0.25) is 5.02 Å². The van der Waals surface area contributed by atoms with Crippen LogP contribution in [0.4, 0.5) is 5.69 Å². The third-order valence-corrected chi connectivity index (χ3v) is 2.85. The van der Waals surface area contributed by atoms with Gasteiger partial charge >= 0.3 is 0 Å². The Hall–Kier alpha value is -1.73. The molecule has 0 spiro atoms. The van der Waals surface area contributed by atoms with Crippen LogP contribution in [0.3, 0.4) is 0 Å². The predicted molar refractivity (Wildman–Crippen MR) is 76.8 cm³/mol. The maximum atomic E-state index is 12.4. The highest BCUT2D eigenvalue weighted by Crippen LogP contribution is 2.20. The number of benzene rings is 1. The van der Waals surface area contributed by atoms with Crippen molar-refractivity contribution in [3.8, 4) is 6.07 Å². The van der Waals surface area contributed by atoms with E-state index in [9.17, 15) is 4.79 Å². The predicted octanol–water partition coefficient (Wildman–Crippen LogP) is 2.93. The van der Waals surface area contributed by atoms with E-state index in [-0.39, 0.29) is 5.91 Å². The van der Waals surface area contributed by atoms with Crippen LogP contribution in [0.1, 0.15) is 30.6 Å². The SMILES string of the molecule is CC(C)CN(CCC#N)C(=O)c1cc(Cl)ccc1N. The van der Waals surface area contributed by atoms with Crippen molar-refractivity contribution < 1.29 is 4.79 Å². The largest absolute Gasteiger partial charge is 0.398 e. The zero-order valence-corrected chi connectivity index (χ0v) is 11.9. The van der Waals surface area contributed by atoms with Crippen LogP contribution in [0.15, 0.2) is 18.2 Å². The molecule has 0 aliphatic rings. The van der Waals surface area contributed by atoms with Gasteiger partial charge in [0.05, 0.1) is 18.1 Å². The maximum absolute atomic E-state index is 12.4. The number of hydrogen-bond acceptors (Lipinski definition) is 3. The smallest absolute Gasteiger partial charge is 0.256 e. The zero-order valence-electron chi connectivity index (χ0n) is 11.2. The molecule has 0 saturated heterocycles. The molecule has 0 radical (unpaired) electrons. The molecular weight excluding hydrogens is 262 g/mol. The highest BCUT2D eigenvalue weighted by Gasteiger charge is 2.19. The van der Waals surface area contributed by atoms with Crippen LogP contribution < -0.4 is 5.73 Å². The molecule has 0 heterocycles. The second-order valence-corrected chi connectivity index (χ2v) is 5.22. The molecule has 5 heteroatoms. The van der Waals surface area contributed by atoms with Gasteiger partial charge in [0.1, 0.15) is 0 Å². The number of halogens is 1. The van der Waals surface area contributed by atoms with Crippen molar-refractivity contribution in [2.45, 2.75) is 20.3 Å². The third-order valence-electron chi connectivity index (χ3n) is 2.61. The Morgan fingerprint density at radius 3 is 2.79 bits per heavy atom. The van der Waals surface area contributed by atoms with Crippen LogP contribution >= 0.6 is 11.6 Å². The standard InChI is InChI=1S/C14H18ClN3O/c1-10(2)9-18(7-3-6-16)14(19)12-8-11(15)4-5-13(12)17/h4-5,8,10H,3,7,9,17H2,1-2H3. The van der Waals surface area contributed by atoms with Crippen molar-refractivity contribution in [1.29, 1.82) is 5.26 Å². The van der Waals surface area contributed by atoms with Gasteiger partial charge in [-0.15, -0.1) is 0 Å². The van der Waals surface area contributed by atoms with E-state index in [1.165, 1.54) is 0 Å². The number of carbonyl (C=O) groups is 1. The van der Waals surface area contributed by atoms with E-state index in [2.05, 4.69) is 6.07 Å². The van der Waals surface area contributed by atoms with Gasteiger partial charge in [-0.25, -0.2) is 0 Å². The number of nitriles is 1. The quantitative estimate of drug-likeness (QED) is 0.843. The summed E-state index contributed by atoms with van der Waals surface area (Å²) in [4.78, 5) is 14.1. The minimum Gasteiger partial charge on any atom is -0.398 e. The fourth-order valence-corrected chi connectivity index (χ4v) is 1.96. The van der Waals surface area contributed by atoms with Gasteiger partial charge in [-0.05, 0) is 24.1 Å². The summed E-state index contributed by atoms with van der Waals surface area (Å²) in [6.45, 7) is 5.04. The summed E-state index contributed by atoms with van der Waals surface area (Å²) in [5, 5.41) is 9.14. The number of nitrogens with two attached hydrogens (primary N) is 1. The van der Waals surface area contributed by atoms with E-state index < -0.39 is 0 Å². The van der Waals surface area contributed by atoms with Crippen molar-refractivity contribution in [1.82, 2.24) is 4.90 Å². The van der Waals surface area contributed by atoms with Gasteiger partial charge in [0, 0.05) is 23.8 Å². The average molecular weight is 280 g/mol. The minimum absolute atomic E-state index is 0.177. The molecule has 2 N–H and O–H groups in total. The first kappa shape index (κ1) is 15.3. The molecule has 0 saturated carbocycles. The molecule has 0 bridgehead atoms. The lowest BCUT2D eigenvalue weighted by Crippen LogP contribution is -2.35. The number of nitrogen functional groups attached to an aromatic ring is 1. The normalized spacial score (nSPS) is 10.3. The summed E-state index contributed by atoms with van der Waals surface area (Å²) >= 11 is 5.90. The van der Waals surface area contributed by atoms with Crippen molar-refractivity contribution in [2.75, 3.05) is 18.8 Å². The molecule has 0 aliphatic carbocycles. The monoisotopic (exact) mass is 279 g/mol. The van der Waals surface area contributed by atoms with Crippen LogP contribution in [-0.2, 0) is 0 Å². The summed E-state index contributed by atoms with van der Waals surface area (Å²) in [7, 11) is 0. The number of amides is 1. The van der Waals surface area contributed by atoms with Crippen LogP contribution in [0, 0.1) is 17.2 Å². The number of hydrogen-bond donors (Lipinski definition) is 1. The number of nitrogens with zero attached hydrogens (tertiary/aromatic N) is 2. The Bertz CT molecular complexity index is 494. The van der Waals surface area contributed by atoms with E-state index >= 15 is 0 Å². The Morgan fingerprint density at radius 2 is 2.21 bits per heavy atom. The Kier molecular flexibility index (Phi) is 5.65. The lowest BCUT2D eigenvalue weighted by molar-refractivity contribution is 0.0741. The second kappa shape index (κ2) is 7.01. The molecule has 19 heavy (non-hydrogen) atoms. The maximum Gasteiger partial charge on any atom is 0.256 e. The first-order valence-electron chi connectivity index (χ1n) is 6.17. The van der Waals surface area contributed by atoms with Crippen LogP contribution in [0.5, 0.6) is 0 Å². The van der Waals surface area contributed by atoms with Crippen molar-refractivity contribution in [3.63, 3.8) is 0 Å². The summed E-state index contributed by atoms with van der Waals surface area (Å²) in [6.07, 6.45) is 0.304. The third kappa shape index (κ3) is 4.46. The number of anilines is 1. The molecule has 102 valence electrons. The highest BCUT2D eigenvalue weighted by molar-refractivity contribution is 6.31. The molecular formula is C14H18ClN3O. The fraction of sp³-hybridized carbons (Fsp3) is 0.429. The van der Waals surface area contributed by atoms with Gasteiger partial charge in [0.15, 0.2) is 0 Å². The molecule has 1 aromatic carbocycles. The number of carbonyl (C=O) groups excluding carboxylic acids is 1. The van der Waals surface area contributed by atoms with Gasteiger partial charge in [-0.2, -0.15) is 5.26 Å². The average Bonchev–Trinajstić information content (AvgIpc) is 2.36. The molecule has 0 unspecified atom stereocenters. The summed E-state index contributed by atoms with van der Waals surface area (Å²) in [5.41, 5.74) is 6.61. The van der Waals surface area contributed by atoms with Crippen molar-refractivity contribution in [3.05, 3.63) is 28.8 Å². The fourth-order valence-electron chi connectivity index (χ4n) is 1.79. The summed E-state index contributed by atoms with van der Waals surface area (Å²) in [6, 6.07) is 6.89. The zero-order chi connectivity index (χ0) is 14.4. The van der Waals surface area contributed by atoms with Gasteiger partial charge in [-0.1, -0.05) is 25.4 Å². The van der Waals surface area contributed by atoms with E-state index in [1.54, 1.807) is 23.1 Å². The Labute approximate surface area is 118 Å². The van der Waals surface area contributed by atoms with Gasteiger partial charge < -0.3 is 10.6 Å². The molecule has 1 amide bonds. The lowest BCUT2D eigenvalue weighted by atomic mass is 10.1. The molecule has 0 fully saturated rings. The van der Waals surface area contributed by atoms with Crippen molar-refractivity contribution in [2.24, 2.45) is 5.92 Å². The molecule has 1 aromatic rings. The van der Waals surface area contributed by atoms with E-state index in [0.717, 1.165) is 0 Å². The molecule has 4 nitrogen and oxygen atoms in total. The number of rotatable bonds is 5. The molecule has 0 atom stereocenters. The summed E-state index contributed by atoms with van der Waals surface area (Å²) < 4.78 is 0. The Morgan fingerprint density at radius 1 is 1.53 bits per heavy atom. The van der Waals surface area contributed by atoms with Crippen LogP contribution in [0.25, 0.3) is 0 Å². The summed E-state index contributed by atoms with van der Waals surface area (Å²) in [5.74, 6) is 0.145. The Balaban J connectivity index is 2.97. The van der Waals surface area contributed by atoms with Gasteiger partial charge in [0.2, 0.25) is 0 Å². The molecule has 0 aromatic heterocycles. The van der Waals surface area contributed by atoms with E-state index in [4.69, 9.17) is 22.6 Å². The van der Waals surface area contributed by atoms with Crippen molar-refractivity contribution >= 4 is 23.2 Å². The first-order chi connectivity index (χ1) is 8.95. The lowest BCUT2D eigenvalue weighted by Gasteiger charge is -2.24. The molecule has 0 aliphatic heterocycles. The van der Waals surface area contributed by atoms with E-state index in [0.29, 0.717) is 41.7 Å². The first-order valence-corrected chi connectivity index (χ1v) is 6.54.